The average Bonchev–Trinajstić information content (AvgIpc) is 2.76. The molecule has 1 fully saturated rings. The van der Waals surface area contributed by atoms with Gasteiger partial charge in [0.15, 0.2) is 0 Å². The van der Waals surface area contributed by atoms with Crippen LogP contribution in [-0.4, -0.2) is 42.0 Å². The van der Waals surface area contributed by atoms with Crippen LogP contribution in [0.4, 0.5) is 5.69 Å². The van der Waals surface area contributed by atoms with Gasteiger partial charge < -0.3 is 15.0 Å². The average molecular weight is 471 g/mol. The van der Waals surface area contributed by atoms with Gasteiger partial charge >= 0.3 is 5.97 Å². The number of rotatable bonds is 6. The minimum absolute atomic E-state index is 0.0479. The second kappa shape index (κ2) is 10.6. The summed E-state index contributed by atoms with van der Waals surface area (Å²) in [7, 11) is 1.90. The van der Waals surface area contributed by atoms with E-state index >= 15 is 0 Å². The van der Waals surface area contributed by atoms with Crippen LogP contribution < -0.4 is 5.32 Å². The molecular weight excluding hydrogens is 436 g/mol. The van der Waals surface area contributed by atoms with Gasteiger partial charge in [0.2, 0.25) is 0 Å². The fourth-order valence-electron chi connectivity index (χ4n) is 4.53. The lowest BCUT2D eigenvalue weighted by Gasteiger charge is -2.35. The number of carbonyl (C=O) groups excluding carboxylic acids is 2. The Bertz CT molecular complexity index is 974. The van der Waals surface area contributed by atoms with Crippen LogP contribution in [0.25, 0.3) is 0 Å². The third-order valence-corrected chi connectivity index (χ3v) is 6.47. The Balaban J connectivity index is 1.54. The van der Waals surface area contributed by atoms with Crippen molar-refractivity contribution < 1.29 is 14.3 Å². The molecule has 1 N–H and O–H groups in total. The summed E-state index contributed by atoms with van der Waals surface area (Å²) in [6.45, 7) is 7.86. The lowest BCUT2D eigenvalue weighted by atomic mass is 9.79. The van der Waals surface area contributed by atoms with Crippen LogP contribution in [-0.2, 0) is 9.53 Å². The zero-order chi connectivity index (χ0) is 24.2. The van der Waals surface area contributed by atoms with E-state index in [0.29, 0.717) is 16.5 Å². The Morgan fingerprint density at radius 3 is 2.27 bits per heavy atom. The molecule has 3 rings (SSSR count). The van der Waals surface area contributed by atoms with Crippen molar-refractivity contribution in [3.63, 3.8) is 0 Å². The number of aryl methyl sites for hydroxylation is 1. The van der Waals surface area contributed by atoms with Gasteiger partial charge in [0.25, 0.3) is 5.91 Å². The number of nitrogens with zero attached hydrogens (tertiary/aromatic N) is 1. The van der Waals surface area contributed by atoms with E-state index in [1.165, 1.54) is 11.1 Å². The van der Waals surface area contributed by atoms with Crippen LogP contribution in [0.5, 0.6) is 0 Å². The van der Waals surface area contributed by atoms with Crippen molar-refractivity contribution in [2.75, 3.05) is 18.9 Å². The van der Waals surface area contributed by atoms with Crippen molar-refractivity contribution in [1.29, 1.82) is 0 Å². The van der Waals surface area contributed by atoms with E-state index < -0.39 is 5.60 Å². The molecule has 2 aromatic carbocycles. The zero-order valence-corrected chi connectivity index (χ0v) is 21.0. The number of nitrogens with one attached hydrogen (secondary N) is 1. The number of benzene rings is 2. The topological polar surface area (TPSA) is 58.6 Å². The number of ether oxygens (including phenoxy) is 1. The van der Waals surface area contributed by atoms with E-state index in [-0.39, 0.29) is 24.5 Å². The van der Waals surface area contributed by atoms with Crippen LogP contribution in [0.15, 0.2) is 42.5 Å². The maximum Gasteiger partial charge on any atom is 0.325 e. The number of hydrogen-bond donors (Lipinski definition) is 1. The van der Waals surface area contributed by atoms with Crippen molar-refractivity contribution in [3.8, 4) is 0 Å². The highest BCUT2D eigenvalue weighted by atomic mass is 35.5. The smallest absolute Gasteiger partial charge is 0.325 e. The summed E-state index contributed by atoms with van der Waals surface area (Å²) in [6.07, 6.45) is 4.07. The molecule has 5 nitrogen and oxygen atoms in total. The Labute approximate surface area is 202 Å². The van der Waals surface area contributed by atoms with Crippen molar-refractivity contribution in [2.45, 2.75) is 70.9 Å². The maximum absolute atomic E-state index is 12.8. The van der Waals surface area contributed by atoms with Crippen molar-refractivity contribution in [2.24, 2.45) is 0 Å². The van der Waals surface area contributed by atoms with Gasteiger partial charge in [0.1, 0.15) is 12.1 Å². The predicted octanol–water partition coefficient (Wildman–Crippen LogP) is 6.20. The summed E-state index contributed by atoms with van der Waals surface area (Å²) >= 11 is 5.95. The second-order valence-corrected chi connectivity index (χ2v) is 10.4. The standard InChI is InChI=1S/C27H35ClN2O3/c1-18-16-22(29-17-25(31)33-27(2,3)4)12-15-24(18)19-8-13-23(14-9-19)30(5)26(32)20-6-10-21(28)11-7-20/h6-7,10-12,15-16,19,23,29H,8-9,13-14,17H2,1-5H3. The van der Waals surface area contributed by atoms with Crippen molar-refractivity contribution in [3.05, 3.63) is 64.2 Å². The Hall–Kier alpha value is -2.53. The lowest BCUT2D eigenvalue weighted by molar-refractivity contribution is -0.152. The Kier molecular flexibility index (Phi) is 8.06. The molecule has 0 radical (unpaired) electrons. The highest BCUT2D eigenvalue weighted by Crippen LogP contribution is 2.37. The first kappa shape index (κ1) is 25.1. The van der Waals surface area contributed by atoms with Gasteiger partial charge in [-0.1, -0.05) is 17.7 Å². The highest BCUT2D eigenvalue weighted by molar-refractivity contribution is 6.30. The van der Waals surface area contributed by atoms with Gasteiger partial charge in [0.05, 0.1) is 0 Å². The largest absolute Gasteiger partial charge is 0.459 e. The summed E-state index contributed by atoms with van der Waals surface area (Å²) < 4.78 is 5.35. The molecule has 0 atom stereocenters. The van der Waals surface area contributed by atoms with Crippen LogP contribution in [0.1, 0.15) is 73.9 Å². The first-order valence-corrected chi connectivity index (χ1v) is 12.0. The predicted molar refractivity (Wildman–Crippen MR) is 134 cm³/mol. The van der Waals surface area contributed by atoms with Gasteiger partial charge in [-0.05, 0) is 107 Å². The molecule has 33 heavy (non-hydrogen) atoms. The summed E-state index contributed by atoms with van der Waals surface area (Å²) in [5.74, 6) is 0.270. The zero-order valence-electron chi connectivity index (χ0n) is 20.3. The van der Waals surface area contributed by atoms with Crippen molar-refractivity contribution in [1.82, 2.24) is 4.90 Å². The number of hydrogen-bond acceptors (Lipinski definition) is 4. The first-order chi connectivity index (χ1) is 15.5. The minimum atomic E-state index is -0.481. The molecule has 178 valence electrons. The minimum Gasteiger partial charge on any atom is -0.459 e. The fraction of sp³-hybridized carbons (Fsp3) is 0.481. The summed E-state index contributed by atoms with van der Waals surface area (Å²) in [4.78, 5) is 26.7. The summed E-state index contributed by atoms with van der Waals surface area (Å²) in [5.41, 5.74) is 3.69. The molecule has 0 spiro atoms. The molecule has 0 heterocycles. The molecule has 1 aliphatic carbocycles. The number of esters is 1. The number of halogens is 1. The first-order valence-electron chi connectivity index (χ1n) is 11.6. The van der Waals surface area contributed by atoms with Crippen LogP contribution in [0.2, 0.25) is 5.02 Å². The summed E-state index contributed by atoms with van der Waals surface area (Å²) in [6, 6.07) is 13.6. The lowest BCUT2D eigenvalue weighted by Crippen LogP contribution is -2.39. The fourth-order valence-corrected chi connectivity index (χ4v) is 4.66. The molecule has 1 saturated carbocycles. The molecule has 0 unspecified atom stereocenters. The van der Waals surface area contributed by atoms with E-state index in [1.807, 2.05) is 38.8 Å². The van der Waals surface area contributed by atoms with Gasteiger partial charge in [-0.25, -0.2) is 0 Å². The molecule has 1 amide bonds. The second-order valence-electron chi connectivity index (χ2n) is 9.94. The van der Waals surface area contributed by atoms with Gasteiger partial charge in [-0.2, -0.15) is 0 Å². The van der Waals surface area contributed by atoms with E-state index in [9.17, 15) is 9.59 Å². The molecular formula is C27H35ClN2O3. The normalized spacial score (nSPS) is 18.5. The Morgan fingerprint density at radius 2 is 1.70 bits per heavy atom. The Morgan fingerprint density at radius 1 is 1.06 bits per heavy atom. The SMILES string of the molecule is Cc1cc(NCC(=O)OC(C)(C)C)ccc1C1CCC(N(C)C(=O)c2ccc(Cl)cc2)CC1. The van der Waals surface area contributed by atoms with E-state index in [2.05, 4.69) is 24.4 Å². The number of anilines is 1. The molecule has 0 saturated heterocycles. The third-order valence-electron chi connectivity index (χ3n) is 6.22. The molecule has 0 aromatic heterocycles. The molecule has 1 aliphatic rings. The maximum atomic E-state index is 12.8. The van der Waals surface area contributed by atoms with Gasteiger partial charge in [-0.15, -0.1) is 0 Å². The monoisotopic (exact) mass is 470 g/mol. The van der Waals surface area contributed by atoms with E-state index in [4.69, 9.17) is 16.3 Å². The highest BCUT2D eigenvalue weighted by Gasteiger charge is 2.28. The number of carbonyl (C=O) groups is 2. The third kappa shape index (κ3) is 6.97. The van der Waals surface area contributed by atoms with E-state index in [1.54, 1.807) is 24.3 Å². The molecule has 0 aliphatic heterocycles. The van der Waals surface area contributed by atoms with Gasteiger partial charge in [0, 0.05) is 29.4 Å². The quantitative estimate of drug-likeness (QED) is 0.510. The van der Waals surface area contributed by atoms with Crippen LogP contribution in [0.3, 0.4) is 0 Å². The van der Waals surface area contributed by atoms with Crippen LogP contribution in [0, 0.1) is 6.92 Å². The van der Waals surface area contributed by atoms with Crippen molar-refractivity contribution >= 4 is 29.2 Å². The number of amides is 1. The van der Waals surface area contributed by atoms with Gasteiger partial charge in [-0.3, -0.25) is 9.59 Å². The molecule has 0 bridgehead atoms. The van der Waals surface area contributed by atoms with Crippen LogP contribution >= 0.6 is 11.6 Å². The summed E-state index contributed by atoms with van der Waals surface area (Å²) in [5, 5.41) is 3.80. The van der Waals surface area contributed by atoms with E-state index in [0.717, 1.165) is 31.4 Å². The molecule has 6 heteroatoms. The molecule has 2 aromatic rings.